The van der Waals surface area contributed by atoms with Gasteiger partial charge in [-0.15, -0.1) is 0 Å². The first-order valence-electron chi connectivity index (χ1n) is 6.81. The minimum Gasteiger partial charge on any atom is -0.378 e. The normalized spacial score (nSPS) is 16.3. The van der Waals surface area contributed by atoms with E-state index in [4.69, 9.17) is 4.74 Å². The van der Waals surface area contributed by atoms with Gasteiger partial charge in [0, 0.05) is 19.2 Å². The van der Waals surface area contributed by atoms with Crippen molar-refractivity contribution in [2.45, 2.75) is 19.8 Å². The van der Waals surface area contributed by atoms with Crippen LogP contribution in [0.4, 0.5) is 0 Å². The number of morpholine rings is 1. The second-order valence-electron chi connectivity index (χ2n) is 5.09. The molecule has 1 saturated heterocycles. The molecule has 1 amide bonds. The molecule has 1 aliphatic rings. The van der Waals surface area contributed by atoms with E-state index in [2.05, 4.69) is 38.1 Å². The van der Waals surface area contributed by atoms with Crippen LogP contribution in [-0.2, 0) is 9.53 Å². The highest BCUT2D eigenvalue weighted by atomic mass is 16.5. The molecule has 0 saturated carbocycles. The predicted octanol–water partition coefficient (Wildman–Crippen LogP) is 2.68. The summed E-state index contributed by atoms with van der Waals surface area (Å²) in [4.78, 5) is 13.8. The number of hydrogen-bond acceptors (Lipinski definition) is 2. The molecule has 0 bridgehead atoms. The molecule has 2 rings (SSSR count). The van der Waals surface area contributed by atoms with Crippen molar-refractivity contribution < 1.29 is 9.53 Å². The van der Waals surface area contributed by atoms with Crippen molar-refractivity contribution >= 4 is 12.0 Å². The van der Waals surface area contributed by atoms with Gasteiger partial charge in [-0.05, 0) is 23.1 Å². The zero-order chi connectivity index (χ0) is 13.7. The fraction of sp³-hybridized carbons (Fsp3) is 0.438. The summed E-state index contributed by atoms with van der Waals surface area (Å²) in [5, 5.41) is 0. The van der Waals surface area contributed by atoms with Gasteiger partial charge in [-0.3, -0.25) is 4.79 Å². The number of rotatable bonds is 3. The zero-order valence-corrected chi connectivity index (χ0v) is 11.6. The molecule has 0 atom stereocenters. The summed E-state index contributed by atoms with van der Waals surface area (Å²) < 4.78 is 5.23. The second-order valence-corrected chi connectivity index (χ2v) is 5.09. The molecule has 0 N–H and O–H groups in total. The molecular formula is C16H21NO2. The Hall–Kier alpha value is -1.61. The third-order valence-electron chi connectivity index (χ3n) is 3.34. The van der Waals surface area contributed by atoms with Gasteiger partial charge in [-0.25, -0.2) is 0 Å². The van der Waals surface area contributed by atoms with E-state index in [-0.39, 0.29) is 5.91 Å². The predicted molar refractivity (Wildman–Crippen MR) is 77.0 cm³/mol. The van der Waals surface area contributed by atoms with Gasteiger partial charge in [0.05, 0.1) is 13.2 Å². The van der Waals surface area contributed by atoms with Gasteiger partial charge in [0.15, 0.2) is 0 Å². The molecule has 0 aromatic heterocycles. The Morgan fingerprint density at radius 1 is 1.21 bits per heavy atom. The largest absolute Gasteiger partial charge is 0.378 e. The molecule has 1 heterocycles. The van der Waals surface area contributed by atoms with E-state index in [9.17, 15) is 4.79 Å². The van der Waals surface area contributed by atoms with Crippen molar-refractivity contribution in [3.63, 3.8) is 0 Å². The summed E-state index contributed by atoms with van der Waals surface area (Å²) in [5.74, 6) is 0.601. The maximum Gasteiger partial charge on any atom is 0.246 e. The zero-order valence-electron chi connectivity index (χ0n) is 11.6. The molecule has 0 aliphatic carbocycles. The highest BCUT2D eigenvalue weighted by molar-refractivity contribution is 5.91. The van der Waals surface area contributed by atoms with Crippen LogP contribution in [0.25, 0.3) is 6.08 Å². The van der Waals surface area contributed by atoms with Crippen LogP contribution in [0.5, 0.6) is 0 Å². The van der Waals surface area contributed by atoms with Crippen LogP contribution < -0.4 is 0 Å². The third kappa shape index (κ3) is 3.93. The summed E-state index contributed by atoms with van der Waals surface area (Å²) in [6.45, 7) is 7.01. The summed E-state index contributed by atoms with van der Waals surface area (Å²) in [6, 6.07) is 8.34. The van der Waals surface area contributed by atoms with Crippen molar-refractivity contribution in [3.05, 3.63) is 41.5 Å². The summed E-state index contributed by atoms with van der Waals surface area (Å²) in [7, 11) is 0. The first kappa shape index (κ1) is 13.8. The van der Waals surface area contributed by atoms with Crippen LogP contribution in [-0.4, -0.2) is 37.1 Å². The minimum atomic E-state index is 0.0660. The minimum absolute atomic E-state index is 0.0660. The van der Waals surface area contributed by atoms with E-state index in [0.717, 1.165) is 5.56 Å². The van der Waals surface area contributed by atoms with Gasteiger partial charge < -0.3 is 9.64 Å². The summed E-state index contributed by atoms with van der Waals surface area (Å²) >= 11 is 0. The molecule has 102 valence electrons. The maximum absolute atomic E-state index is 11.9. The lowest BCUT2D eigenvalue weighted by molar-refractivity contribution is -0.129. The van der Waals surface area contributed by atoms with Crippen LogP contribution in [0.1, 0.15) is 30.9 Å². The summed E-state index contributed by atoms with van der Waals surface area (Å²) in [6.07, 6.45) is 3.53. The average molecular weight is 259 g/mol. The van der Waals surface area contributed by atoms with Gasteiger partial charge in [0.25, 0.3) is 0 Å². The Morgan fingerprint density at radius 2 is 1.84 bits per heavy atom. The van der Waals surface area contributed by atoms with Gasteiger partial charge in [-0.2, -0.15) is 0 Å². The Labute approximate surface area is 114 Å². The lowest BCUT2D eigenvalue weighted by Crippen LogP contribution is -2.39. The fourth-order valence-corrected chi connectivity index (χ4v) is 2.05. The van der Waals surface area contributed by atoms with E-state index in [1.54, 1.807) is 6.08 Å². The van der Waals surface area contributed by atoms with Crippen molar-refractivity contribution in [1.82, 2.24) is 4.90 Å². The van der Waals surface area contributed by atoms with Crippen molar-refractivity contribution in [1.29, 1.82) is 0 Å². The second kappa shape index (κ2) is 6.53. The molecule has 3 heteroatoms. The standard InChI is InChI=1S/C16H21NO2/c1-13(2)15-6-3-14(4-7-15)5-8-16(18)17-9-11-19-12-10-17/h3-8,13H,9-12H2,1-2H3/b8-5+. The highest BCUT2D eigenvalue weighted by Crippen LogP contribution is 2.15. The maximum atomic E-state index is 11.9. The molecule has 19 heavy (non-hydrogen) atoms. The molecule has 0 unspecified atom stereocenters. The number of ether oxygens (including phenoxy) is 1. The highest BCUT2D eigenvalue weighted by Gasteiger charge is 2.13. The van der Waals surface area contributed by atoms with Gasteiger partial charge in [0.2, 0.25) is 5.91 Å². The van der Waals surface area contributed by atoms with Gasteiger partial charge in [0.1, 0.15) is 0 Å². The number of carbonyl (C=O) groups excluding carboxylic acids is 1. The quantitative estimate of drug-likeness (QED) is 0.781. The van der Waals surface area contributed by atoms with E-state index in [1.165, 1.54) is 5.56 Å². The van der Waals surface area contributed by atoms with Crippen LogP contribution in [0, 0.1) is 0 Å². The molecule has 1 fully saturated rings. The first-order valence-corrected chi connectivity index (χ1v) is 6.81. The summed E-state index contributed by atoms with van der Waals surface area (Å²) in [5.41, 5.74) is 2.38. The van der Waals surface area contributed by atoms with Gasteiger partial charge >= 0.3 is 0 Å². The number of carbonyl (C=O) groups is 1. The average Bonchev–Trinajstić information content (AvgIpc) is 2.46. The molecule has 0 spiro atoms. The van der Waals surface area contributed by atoms with E-state index in [1.807, 2.05) is 11.0 Å². The van der Waals surface area contributed by atoms with Crippen LogP contribution in [0.2, 0.25) is 0 Å². The van der Waals surface area contributed by atoms with E-state index < -0.39 is 0 Å². The first-order chi connectivity index (χ1) is 9.16. The molecular weight excluding hydrogens is 238 g/mol. The van der Waals surface area contributed by atoms with Crippen molar-refractivity contribution in [3.8, 4) is 0 Å². The van der Waals surface area contributed by atoms with Crippen molar-refractivity contribution in [2.75, 3.05) is 26.3 Å². The van der Waals surface area contributed by atoms with Crippen LogP contribution in [0.15, 0.2) is 30.3 Å². The topological polar surface area (TPSA) is 29.5 Å². The number of nitrogens with zero attached hydrogens (tertiary/aromatic N) is 1. The molecule has 1 aromatic rings. The van der Waals surface area contributed by atoms with Crippen LogP contribution >= 0.6 is 0 Å². The monoisotopic (exact) mass is 259 g/mol. The Bertz CT molecular complexity index is 442. The Kier molecular flexibility index (Phi) is 4.74. The smallest absolute Gasteiger partial charge is 0.246 e. The van der Waals surface area contributed by atoms with E-state index in [0.29, 0.717) is 32.2 Å². The molecule has 0 radical (unpaired) electrons. The van der Waals surface area contributed by atoms with Gasteiger partial charge in [-0.1, -0.05) is 38.1 Å². The lowest BCUT2D eigenvalue weighted by Gasteiger charge is -2.25. The number of benzene rings is 1. The fourth-order valence-electron chi connectivity index (χ4n) is 2.05. The molecule has 3 nitrogen and oxygen atoms in total. The van der Waals surface area contributed by atoms with E-state index >= 15 is 0 Å². The molecule has 1 aliphatic heterocycles. The number of amides is 1. The Morgan fingerprint density at radius 3 is 2.42 bits per heavy atom. The van der Waals surface area contributed by atoms with Crippen molar-refractivity contribution in [2.24, 2.45) is 0 Å². The lowest BCUT2D eigenvalue weighted by atomic mass is 10.0. The Balaban J connectivity index is 1.95. The van der Waals surface area contributed by atoms with Crippen LogP contribution in [0.3, 0.4) is 0 Å². The molecule has 1 aromatic carbocycles. The SMILES string of the molecule is CC(C)c1ccc(/C=C/C(=O)N2CCOCC2)cc1. The third-order valence-corrected chi connectivity index (χ3v) is 3.34. The number of hydrogen-bond donors (Lipinski definition) is 0.